The van der Waals surface area contributed by atoms with E-state index in [4.69, 9.17) is 11.6 Å². The minimum atomic E-state index is -0.0630. The Morgan fingerprint density at radius 2 is 2.18 bits per heavy atom. The third kappa shape index (κ3) is 4.58. The number of carbonyl (C=O) groups is 1. The molecule has 1 amide bonds. The Hall–Kier alpha value is -1.85. The highest BCUT2D eigenvalue weighted by atomic mass is 35.5. The third-order valence-corrected chi connectivity index (χ3v) is 3.42. The van der Waals surface area contributed by atoms with Crippen molar-refractivity contribution in [2.24, 2.45) is 0 Å². The lowest BCUT2D eigenvalue weighted by Crippen LogP contribution is -2.30. The highest BCUT2D eigenvalue weighted by Crippen LogP contribution is 2.14. The quantitative estimate of drug-likeness (QED) is 0.889. The van der Waals surface area contributed by atoms with Gasteiger partial charge in [-0.1, -0.05) is 23.7 Å². The topological polar surface area (TPSA) is 50.2 Å². The molecule has 0 bridgehead atoms. The van der Waals surface area contributed by atoms with E-state index in [2.05, 4.69) is 10.4 Å². The van der Waals surface area contributed by atoms with Gasteiger partial charge in [-0.2, -0.15) is 5.10 Å². The molecule has 1 aromatic carbocycles. The Bertz CT molecular complexity index is 639. The van der Waals surface area contributed by atoms with Crippen molar-refractivity contribution in [3.05, 3.63) is 47.1 Å². The van der Waals surface area contributed by atoms with E-state index in [1.54, 1.807) is 16.9 Å². The first-order valence-electron chi connectivity index (χ1n) is 7.22. The maximum atomic E-state index is 12.1. The third-order valence-electron chi connectivity index (χ3n) is 3.18. The molecule has 6 heteroatoms. The van der Waals surface area contributed by atoms with Crippen LogP contribution in [0.1, 0.15) is 25.5 Å². The van der Waals surface area contributed by atoms with Crippen LogP contribution in [0, 0.1) is 0 Å². The van der Waals surface area contributed by atoms with Crippen molar-refractivity contribution in [2.75, 3.05) is 18.9 Å². The number of rotatable bonds is 6. The maximum absolute atomic E-state index is 12.1. The summed E-state index contributed by atoms with van der Waals surface area (Å²) in [6.07, 6.45) is 1.69. The molecule has 0 radical (unpaired) electrons. The molecule has 5 nitrogen and oxygen atoms in total. The fourth-order valence-corrected chi connectivity index (χ4v) is 2.47. The molecule has 1 heterocycles. The van der Waals surface area contributed by atoms with Gasteiger partial charge in [0.05, 0.1) is 12.7 Å². The molecule has 0 atom stereocenters. The Labute approximate surface area is 135 Å². The van der Waals surface area contributed by atoms with Crippen molar-refractivity contribution in [1.82, 2.24) is 14.7 Å². The molecule has 22 heavy (non-hydrogen) atoms. The predicted octanol–water partition coefficient (Wildman–Crippen LogP) is 3.19. The molecule has 1 aromatic heterocycles. The Kier molecular flexibility index (Phi) is 5.57. The van der Waals surface area contributed by atoms with E-state index < -0.39 is 0 Å². The zero-order valence-corrected chi connectivity index (χ0v) is 13.8. The molecule has 0 aliphatic rings. The van der Waals surface area contributed by atoms with E-state index >= 15 is 0 Å². The minimum Gasteiger partial charge on any atom is -0.310 e. The standard InChI is InChI=1S/C16H21ClN4O/c1-12(2)21-15(7-8-18-21)19-16(22)11-20(3)10-13-5-4-6-14(17)9-13/h4-9,12H,10-11H2,1-3H3,(H,19,22). The van der Waals surface area contributed by atoms with Crippen LogP contribution in [0.5, 0.6) is 0 Å². The highest BCUT2D eigenvalue weighted by Gasteiger charge is 2.11. The zero-order valence-electron chi connectivity index (χ0n) is 13.1. The predicted molar refractivity (Wildman–Crippen MR) is 89.0 cm³/mol. The lowest BCUT2D eigenvalue weighted by atomic mass is 10.2. The summed E-state index contributed by atoms with van der Waals surface area (Å²) in [5.41, 5.74) is 1.08. The number of likely N-dealkylation sites (N-methyl/N-ethyl adjacent to an activating group) is 1. The number of hydrogen-bond acceptors (Lipinski definition) is 3. The first kappa shape index (κ1) is 16.5. The molecule has 1 N–H and O–H groups in total. The van der Waals surface area contributed by atoms with E-state index in [9.17, 15) is 4.79 Å². The van der Waals surface area contributed by atoms with Crippen molar-refractivity contribution in [3.8, 4) is 0 Å². The van der Waals surface area contributed by atoms with E-state index in [1.807, 2.05) is 50.1 Å². The Morgan fingerprint density at radius 3 is 2.86 bits per heavy atom. The molecule has 0 fully saturated rings. The lowest BCUT2D eigenvalue weighted by molar-refractivity contribution is -0.117. The number of halogens is 1. The monoisotopic (exact) mass is 320 g/mol. The Balaban J connectivity index is 1.90. The van der Waals surface area contributed by atoms with Gasteiger partial charge in [0.1, 0.15) is 5.82 Å². The molecular weight excluding hydrogens is 300 g/mol. The summed E-state index contributed by atoms with van der Waals surface area (Å²) in [6, 6.07) is 9.65. The van der Waals surface area contributed by atoms with Crippen LogP contribution in [0.4, 0.5) is 5.82 Å². The molecule has 0 aliphatic heterocycles. The van der Waals surface area contributed by atoms with Gasteiger partial charge in [-0.25, -0.2) is 4.68 Å². The largest absolute Gasteiger partial charge is 0.310 e. The molecule has 0 spiro atoms. The van der Waals surface area contributed by atoms with Gasteiger partial charge in [0.25, 0.3) is 0 Å². The van der Waals surface area contributed by atoms with E-state index in [1.165, 1.54) is 0 Å². The normalized spacial score (nSPS) is 11.2. The summed E-state index contributed by atoms with van der Waals surface area (Å²) >= 11 is 5.97. The summed E-state index contributed by atoms with van der Waals surface area (Å²) in [6.45, 7) is 5.01. The molecule has 118 valence electrons. The minimum absolute atomic E-state index is 0.0630. The van der Waals surface area contributed by atoms with Crippen LogP contribution < -0.4 is 5.32 Å². The summed E-state index contributed by atoms with van der Waals surface area (Å²) < 4.78 is 1.79. The number of benzene rings is 1. The first-order valence-corrected chi connectivity index (χ1v) is 7.60. The number of carbonyl (C=O) groups excluding carboxylic acids is 1. The van der Waals surface area contributed by atoms with Gasteiger partial charge >= 0.3 is 0 Å². The van der Waals surface area contributed by atoms with Gasteiger partial charge in [-0.15, -0.1) is 0 Å². The average Bonchev–Trinajstić information content (AvgIpc) is 2.86. The smallest absolute Gasteiger partial charge is 0.239 e. The van der Waals surface area contributed by atoms with Crippen molar-refractivity contribution >= 4 is 23.3 Å². The number of hydrogen-bond donors (Lipinski definition) is 1. The van der Waals surface area contributed by atoms with Crippen LogP contribution in [0.2, 0.25) is 5.02 Å². The average molecular weight is 321 g/mol. The fourth-order valence-electron chi connectivity index (χ4n) is 2.26. The van der Waals surface area contributed by atoms with Crippen molar-refractivity contribution in [1.29, 1.82) is 0 Å². The number of nitrogens with one attached hydrogen (secondary N) is 1. The first-order chi connectivity index (χ1) is 10.5. The molecular formula is C16H21ClN4O. The van der Waals surface area contributed by atoms with E-state index in [0.29, 0.717) is 18.1 Å². The van der Waals surface area contributed by atoms with Gasteiger partial charge in [0, 0.05) is 23.7 Å². The van der Waals surface area contributed by atoms with Gasteiger partial charge in [0.15, 0.2) is 0 Å². The van der Waals surface area contributed by atoms with Crippen LogP contribution in [-0.2, 0) is 11.3 Å². The summed E-state index contributed by atoms with van der Waals surface area (Å²) in [5.74, 6) is 0.656. The number of aromatic nitrogens is 2. The second-order valence-electron chi connectivity index (χ2n) is 5.61. The van der Waals surface area contributed by atoms with Crippen LogP contribution in [-0.4, -0.2) is 34.2 Å². The van der Waals surface area contributed by atoms with Gasteiger partial charge < -0.3 is 5.32 Å². The SMILES string of the molecule is CC(C)n1nccc1NC(=O)CN(C)Cc1cccc(Cl)c1. The zero-order chi connectivity index (χ0) is 16.1. The van der Waals surface area contributed by atoms with Crippen molar-refractivity contribution in [3.63, 3.8) is 0 Å². The van der Waals surface area contributed by atoms with Crippen LogP contribution in [0.25, 0.3) is 0 Å². The number of anilines is 1. The van der Waals surface area contributed by atoms with Gasteiger partial charge in [-0.3, -0.25) is 9.69 Å². The molecule has 0 unspecified atom stereocenters. The molecule has 2 aromatic rings. The van der Waals surface area contributed by atoms with Crippen LogP contribution >= 0.6 is 11.6 Å². The van der Waals surface area contributed by atoms with Crippen LogP contribution in [0.15, 0.2) is 36.5 Å². The highest BCUT2D eigenvalue weighted by molar-refractivity contribution is 6.30. The molecule has 2 rings (SSSR count). The fraction of sp³-hybridized carbons (Fsp3) is 0.375. The molecule has 0 aliphatic carbocycles. The summed E-state index contributed by atoms with van der Waals surface area (Å²) in [7, 11) is 1.90. The summed E-state index contributed by atoms with van der Waals surface area (Å²) in [4.78, 5) is 14.1. The Morgan fingerprint density at radius 1 is 1.41 bits per heavy atom. The maximum Gasteiger partial charge on any atom is 0.239 e. The lowest BCUT2D eigenvalue weighted by Gasteiger charge is -2.17. The van der Waals surface area contributed by atoms with E-state index in [-0.39, 0.29) is 11.9 Å². The van der Waals surface area contributed by atoms with Crippen molar-refractivity contribution < 1.29 is 4.79 Å². The van der Waals surface area contributed by atoms with Crippen molar-refractivity contribution in [2.45, 2.75) is 26.4 Å². The van der Waals surface area contributed by atoms with E-state index in [0.717, 1.165) is 11.4 Å². The summed E-state index contributed by atoms with van der Waals surface area (Å²) in [5, 5.41) is 7.80. The number of nitrogens with zero attached hydrogens (tertiary/aromatic N) is 3. The second-order valence-corrected chi connectivity index (χ2v) is 6.04. The number of amides is 1. The van der Waals surface area contributed by atoms with Gasteiger partial charge in [-0.05, 0) is 38.6 Å². The molecule has 0 saturated heterocycles. The van der Waals surface area contributed by atoms with Crippen LogP contribution in [0.3, 0.4) is 0 Å². The van der Waals surface area contributed by atoms with Gasteiger partial charge in [0.2, 0.25) is 5.91 Å². The molecule has 0 saturated carbocycles. The second kappa shape index (κ2) is 7.42.